The topological polar surface area (TPSA) is 50.7 Å². The number of rotatable bonds is 4. The number of nitrogens with one attached hydrogen (secondary N) is 1. The largest absolute Gasteiger partial charge is 0.367 e. The van der Waals surface area contributed by atoms with E-state index in [1.54, 1.807) is 11.3 Å². The van der Waals surface area contributed by atoms with Gasteiger partial charge in [0.15, 0.2) is 11.6 Å². The summed E-state index contributed by atoms with van der Waals surface area (Å²) in [5.41, 5.74) is 0.987. The van der Waals surface area contributed by atoms with Crippen LogP contribution in [0.25, 0.3) is 0 Å². The summed E-state index contributed by atoms with van der Waals surface area (Å²) in [5.74, 6) is -0.388. The van der Waals surface area contributed by atoms with Crippen LogP contribution in [0.1, 0.15) is 10.7 Å². The predicted octanol–water partition coefficient (Wildman–Crippen LogP) is 2.69. The van der Waals surface area contributed by atoms with E-state index >= 15 is 0 Å². The molecule has 1 N–H and O–H groups in total. The van der Waals surface area contributed by atoms with Crippen LogP contribution in [-0.4, -0.2) is 21.5 Å². The zero-order chi connectivity index (χ0) is 12.3. The summed E-state index contributed by atoms with van der Waals surface area (Å²) >= 11 is 7.17. The van der Waals surface area contributed by atoms with Crippen LogP contribution in [0.2, 0.25) is 5.28 Å². The number of aromatic nitrogens is 3. The lowest BCUT2D eigenvalue weighted by molar-refractivity contribution is 0.616. The van der Waals surface area contributed by atoms with E-state index in [1.807, 2.05) is 12.3 Å². The molecule has 0 fully saturated rings. The van der Waals surface area contributed by atoms with E-state index in [0.717, 1.165) is 16.9 Å². The van der Waals surface area contributed by atoms with E-state index < -0.39 is 5.82 Å². The molecule has 2 aromatic rings. The van der Waals surface area contributed by atoms with Gasteiger partial charge < -0.3 is 5.32 Å². The molecule has 17 heavy (non-hydrogen) atoms. The highest BCUT2D eigenvalue weighted by Gasteiger charge is 2.05. The lowest BCUT2D eigenvalue weighted by Gasteiger charge is -2.04. The Balaban J connectivity index is 1.91. The molecule has 0 saturated heterocycles. The van der Waals surface area contributed by atoms with Gasteiger partial charge in [0.25, 0.3) is 0 Å². The smallest absolute Gasteiger partial charge is 0.224 e. The van der Waals surface area contributed by atoms with Gasteiger partial charge in [0.1, 0.15) is 0 Å². The normalized spacial score (nSPS) is 10.5. The van der Waals surface area contributed by atoms with Crippen molar-refractivity contribution in [2.24, 2.45) is 0 Å². The molecule has 0 aliphatic carbocycles. The Morgan fingerprint density at radius 2 is 2.29 bits per heavy atom. The summed E-state index contributed by atoms with van der Waals surface area (Å²) in [6.07, 6.45) is 1.76. The molecule has 4 nitrogen and oxygen atoms in total. The molecule has 7 heteroatoms. The third-order valence-electron chi connectivity index (χ3n) is 2.05. The average Bonchev–Trinajstić information content (AvgIpc) is 2.69. The SMILES string of the molecule is Cc1nc(CCNc2nc(Cl)ncc2F)cs1. The summed E-state index contributed by atoms with van der Waals surface area (Å²) in [6.45, 7) is 2.50. The molecule has 2 rings (SSSR count). The third kappa shape index (κ3) is 3.34. The molecule has 0 unspecified atom stereocenters. The molecule has 0 saturated carbocycles. The van der Waals surface area contributed by atoms with Gasteiger partial charge in [-0.15, -0.1) is 11.3 Å². The fourth-order valence-electron chi connectivity index (χ4n) is 1.30. The fourth-order valence-corrected chi connectivity index (χ4v) is 2.08. The number of thiazole rings is 1. The van der Waals surface area contributed by atoms with E-state index in [9.17, 15) is 4.39 Å². The van der Waals surface area contributed by atoms with E-state index in [-0.39, 0.29) is 11.1 Å². The highest BCUT2D eigenvalue weighted by atomic mass is 35.5. The number of anilines is 1. The Kier molecular flexibility index (Phi) is 3.86. The van der Waals surface area contributed by atoms with Crippen molar-refractivity contribution in [3.05, 3.63) is 33.4 Å². The van der Waals surface area contributed by atoms with Gasteiger partial charge in [0, 0.05) is 18.3 Å². The molecule has 0 aliphatic rings. The van der Waals surface area contributed by atoms with Crippen molar-refractivity contribution < 1.29 is 4.39 Å². The van der Waals surface area contributed by atoms with Crippen molar-refractivity contribution in [3.8, 4) is 0 Å². The monoisotopic (exact) mass is 272 g/mol. The maximum absolute atomic E-state index is 13.2. The van der Waals surface area contributed by atoms with Crippen LogP contribution < -0.4 is 5.32 Å². The van der Waals surface area contributed by atoms with E-state index in [1.165, 1.54) is 0 Å². The second-order valence-electron chi connectivity index (χ2n) is 3.37. The zero-order valence-corrected chi connectivity index (χ0v) is 10.6. The second-order valence-corrected chi connectivity index (χ2v) is 4.77. The Labute approximate surface area is 107 Å². The first-order valence-corrected chi connectivity index (χ1v) is 6.24. The molecule has 0 aromatic carbocycles. The highest BCUT2D eigenvalue weighted by molar-refractivity contribution is 7.09. The number of aryl methyl sites for hydroxylation is 1. The Morgan fingerprint density at radius 1 is 1.47 bits per heavy atom. The lowest BCUT2D eigenvalue weighted by atomic mass is 10.3. The molecule has 2 heterocycles. The van der Waals surface area contributed by atoms with E-state index in [4.69, 9.17) is 11.6 Å². The van der Waals surface area contributed by atoms with Crippen molar-refractivity contribution in [1.29, 1.82) is 0 Å². The second kappa shape index (κ2) is 5.37. The van der Waals surface area contributed by atoms with Gasteiger partial charge in [-0.2, -0.15) is 4.98 Å². The van der Waals surface area contributed by atoms with Crippen molar-refractivity contribution in [2.75, 3.05) is 11.9 Å². The lowest BCUT2D eigenvalue weighted by Crippen LogP contribution is -2.08. The molecule has 0 spiro atoms. The standard InChI is InChI=1S/C10H10ClFN4S/c1-6-15-7(5-17-6)2-3-13-9-8(12)4-14-10(11)16-9/h4-5H,2-3H2,1H3,(H,13,14,16). The van der Waals surface area contributed by atoms with Crippen LogP contribution in [0.4, 0.5) is 10.2 Å². The molecule has 2 aromatic heterocycles. The van der Waals surface area contributed by atoms with Gasteiger partial charge in [0.05, 0.1) is 16.9 Å². The first kappa shape index (κ1) is 12.2. The van der Waals surface area contributed by atoms with Gasteiger partial charge in [-0.25, -0.2) is 14.4 Å². The van der Waals surface area contributed by atoms with Gasteiger partial charge in [-0.3, -0.25) is 0 Å². The molecule has 0 amide bonds. The van der Waals surface area contributed by atoms with Gasteiger partial charge in [-0.1, -0.05) is 0 Å². The molecule has 0 atom stereocenters. The van der Waals surface area contributed by atoms with Crippen LogP contribution >= 0.6 is 22.9 Å². The first-order chi connectivity index (χ1) is 8.15. The van der Waals surface area contributed by atoms with Crippen molar-refractivity contribution in [3.63, 3.8) is 0 Å². The van der Waals surface area contributed by atoms with Crippen molar-refractivity contribution in [1.82, 2.24) is 15.0 Å². The Morgan fingerprint density at radius 3 is 3.00 bits per heavy atom. The quantitative estimate of drug-likeness (QED) is 0.870. The zero-order valence-electron chi connectivity index (χ0n) is 9.07. The predicted molar refractivity (Wildman–Crippen MR) is 66.0 cm³/mol. The number of hydrogen-bond acceptors (Lipinski definition) is 5. The average molecular weight is 273 g/mol. The van der Waals surface area contributed by atoms with Crippen LogP contribution in [0.15, 0.2) is 11.6 Å². The van der Waals surface area contributed by atoms with Crippen molar-refractivity contribution >= 4 is 28.8 Å². The van der Waals surface area contributed by atoms with Crippen LogP contribution in [-0.2, 0) is 6.42 Å². The molecule has 90 valence electrons. The maximum Gasteiger partial charge on any atom is 0.224 e. The minimum atomic E-state index is -0.510. The number of halogens is 2. The van der Waals surface area contributed by atoms with Gasteiger partial charge >= 0.3 is 0 Å². The molecule has 0 aliphatic heterocycles. The molecule has 0 radical (unpaired) electrons. The molecular formula is C10H10ClFN4S. The third-order valence-corrected chi connectivity index (χ3v) is 3.06. The van der Waals surface area contributed by atoms with Crippen molar-refractivity contribution in [2.45, 2.75) is 13.3 Å². The van der Waals surface area contributed by atoms with E-state index in [0.29, 0.717) is 13.0 Å². The Hall–Kier alpha value is -1.27. The Bertz CT molecular complexity index is 517. The minimum absolute atomic E-state index is 0.0263. The molecular weight excluding hydrogens is 263 g/mol. The maximum atomic E-state index is 13.2. The summed E-state index contributed by atoms with van der Waals surface area (Å²) in [5, 5.41) is 5.90. The number of hydrogen-bond donors (Lipinski definition) is 1. The summed E-state index contributed by atoms with van der Waals surface area (Å²) in [4.78, 5) is 11.6. The highest BCUT2D eigenvalue weighted by Crippen LogP contribution is 2.12. The van der Waals surface area contributed by atoms with Crippen LogP contribution in [0.3, 0.4) is 0 Å². The molecule has 0 bridgehead atoms. The van der Waals surface area contributed by atoms with Crippen LogP contribution in [0.5, 0.6) is 0 Å². The van der Waals surface area contributed by atoms with Gasteiger partial charge in [0.2, 0.25) is 5.28 Å². The van der Waals surface area contributed by atoms with E-state index in [2.05, 4.69) is 20.3 Å². The summed E-state index contributed by atoms with van der Waals surface area (Å²) < 4.78 is 13.2. The summed E-state index contributed by atoms with van der Waals surface area (Å²) in [7, 11) is 0. The van der Waals surface area contributed by atoms with Gasteiger partial charge in [-0.05, 0) is 18.5 Å². The summed E-state index contributed by atoms with van der Waals surface area (Å²) in [6, 6.07) is 0. The fraction of sp³-hybridized carbons (Fsp3) is 0.300. The van der Waals surface area contributed by atoms with Crippen LogP contribution in [0, 0.1) is 12.7 Å². The minimum Gasteiger partial charge on any atom is -0.367 e. The first-order valence-electron chi connectivity index (χ1n) is 4.98. The number of nitrogens with zero attached hydrogens (tertiary/aromatic N) is 3.